The van der Waals surface area contributed by atoms with E-state index < -0.39 is 0 Å². The second-order valence-corrected chi connectivity index (χ2v) is 6.00. The van der Waals surface area contributed by atoms with E-state index in [4.69, 9.17) is 9.47 Å². The number of hydrogen-bond donors (Lipinski definition) is 0. The average Bonchev–Trinajstić information content (AvgIpc) is 2.26. The van der Waals surface area contributed by atoms with Gasteiger partial charge in [0.15, 0.2) is 0 Å². The van der Waals surface area contributed by atoms with E-state index in [9.17, 15) is 0 Å². The van der Waals surface area contributed by atoms with Crippen LogP contribution < -0.4 is 0 Å². The van der Waals surface area contributed by atoms with Gasteiger partial charge in [-0.1, -0.05) is 29.3 Å². The Kier molecular flexibility index (Phi) is 7.00. The van der Waals surface area contributed by atoms with Gasteiger partial charge in [0, 0.05) is 31.6 Å². The van der Waals surface area contributed by atoms with Crippen molar-refractivity contribution >= 4 is 15.9 Å². The van der Waals surface area contributed by atoms with Crippen LogP contribution in [0.25, 0.3) is 0 Å². The van der Waals surface area contributed by atoms with E-state index >= 15 is 0 Å². The minimum absolute atomic E-state index is 0.0416. The lowest BCUT2D eigenvalue weighted by Gasteiger charge is -2.42. The van der Waals surface area contributed by atoms with Crippen LogP contribution in [0.5, 0.6) is 0 Å². The number of hydrogen-bond acceptors (Lipinski definition) is 3. The maximum Gasteiger partial charge on any atom is 0.0806 e. The first-order valence-electron chi connectivity index (χ1n) is 6.61. The number of halogens is 1. The molecule has 0 spiro atoms. The predicted molar refractivity (Wildman–Crippen MR) is 74.9 cm³/mol. The maximum atomic E-state index is 5.97. The van der Waals surface area contributed by atoms with Crippen molar-refractivity contribution in [3.8, 4) is 0 Å². The third kappa shape index (κ3) is 6.18. The van der Waals surface area contributed by atoms with Crippen LogP contribution >= 0.6 is 15.9 Å². The molecule has 0 aromatic rings. The molecule has 0 saturated carbocycles. The number of morpholine rings is 1. The predicted octanol–water partition coefficient (Wildman–Crippen LogP) is 2.68. The lowest BCUT2D eigenvalue weighted by atomic mass is 10.1. The summed E-state index contributed by atoms with van der Waals surface area (Å²) >= 11 is 3.51. The van der Waals surface area contributed by atoms with Crippen molar-refractivity contribution in [2.75, 3.05) is 38.2 Å². The molecule has 0 aliphatic carbocycles. The molecule has 1 atom stereocenters. The molecule has 0 aromatic carbocycles. The highest BCUT2D eigenvalue weighted by molar-refractivity contribution is 9.09. The molecule has 0 amide bonds. The molecule has 1 saturated heterocycles. The van der Waals surface area contributed by atoms with Crippen LogP contribution in [0, 0.1) is 0 Å². The van der Waals surface area contributed by atoms with Crippen molar-refractivity contribution in [1.82, 2.24) is 4.90 Å². The summed E-state index contributed by atoms with van der Waals surface area (Å²) in [6.45, 7) is 11.3. The lowest BCUT2D eigenvalue weighted by molar-refractivity contribution is -0.129. The van der Waals surface area contributed by atoms with E-state index in [0.717, 1.165) is 38.2 Å². The summed E-state index contributed by atoms with van der Waals surface area (Å²) in [6, 6.07) is 0. The second-order valence-electron chi connectivity index (χ2n) is 5.35. The third-order valence-electron chi connectivity index (χ3n) is 2.92. The summed E-state index contributed by atoms with van der Waals surface area (Å²) in [5.74, 6) is 0. The summed E-state index contributed by atoms with van der Waals surface area (Å²) in [7, 11) is 0. The first-order valence-corrected chi connectivity index (χ1v) is 7.73. The van der Waals surface area contributed by atoms with Crippen molar-refractivity contribution in [2.45, 2.75) is 45.3 Å². The minimum atomic E-state index is -0.0416. The molecule has 17 heavy (non-hydrogen) atoms. The van der Waals surface area contributed by atoms with E-state index in [-0.39, 0.29) is 5.60 Å². The standard InChI is InChI=1S/C13H26BrNO2/c1-4-5-7-16-8-6-15-10-12(9-14)17-13(2,3)11-15/h12H,4-11H2,1-3H3. The van der Waals surface area contributed by atoms with Gasteiger partial charge in [0.25, 0.3) is 0 Å². The fourth-order valence-corrected chi connectivity index (χ4v) is 2.55. The Bertz CT molecular complexity index is 212. The van der Waals surface area contributed by atoms with Crippen molar-refractivity contribution in [3.63, 3.8) is 0 Å². The van der Waals surface area contributed by atoms with Crippen molar-refractivity contribution in [1.29, 1.82) is 0 Å². The number of nitrogens with zero attached hydrogens (tertiary/aromatic N) is 1. The van der Waals surface area contributed by atoms with Gasteiger partial charge >= 0.3 is 0 Å². The molecule has 3 nitrogen and oxygen atoms in total. The topological polar surface area (TPSA) is 21.7 Å². The highest BCUT2D eigenvalue weighted by Crippen LogP contribution is 2.21. The normalized spacial score (nSPS) is 25.1. The smallest absolute Gasteiger partial charge is 0.0806 e. The highest BCUT2D eigenvalue weighted by Gasteiger charge is 2.32. The van der Waals surface area contributed by atoms with Crippen LogP contribution in [0.2, 0.25) is 0 Å². The Morgan fingerprint density at radius 3 is 2.82 bits per heavy atom. The molecule has 0 aromatic heterocycles. The van der Waals surface area contributed by atoms with Crippen LogP contribution in [0.15, 0.2) is 0 Å². The number of rotatable bonds is 7. The van der Waals surface area contributed by atoms with E-state index in [2.05, 4.69) is 41.6 Å². The molecule has 0 bridgehead atoms. The summed E-state index contributed by atoms with van der Waals surface area (Å²) in [4.78, 5) is 2.45. The maximum absolute atomic E-state index is 5.97. The van der Waals surface area contributed by atoms with Gasteiger partial charge in [-0.05, 0) is 20.3 Å². The fourth-order valence-electron chi connectivity index (χ4n) is 2.21. The Balaban J connectivity index is 2.23. The molecule has 1 aliphatic rings. The van der Waals surface area contributed by atoms with E-state index in [1.807, 2.05) is 0 Å². The summed E-state index contributed by atoms with van der Waals surface area (Å²) < 4.78 is 11.6. The molecule has 1 aliphatic heterocycles. The van der Waals surface area contributed by atoms with Crippen LogP contribution in [-0.2, 0) is 9.47 Å². The number of alkyl halides is 1. The Morgan fingerprint density at radius 2 is 2.18 bits per heavy atom. The molecular weight excluding hydrogens is 282 g/mol. The largest absolute Gasteiger partial charge is 0.380 e. The van der Waals surface area contributed by atoms with Gasteiger partial charge in [0.05, 0.1) is 18.3 Å². The van der Waals surface area contributed by atoms with E-state index in [1.54, 1.807) is 0 Å². The van der Waals surface area contributed by atoms with Gasteiger partial charge in [-0.15, -0.1) is 0 Å². The minimum Gasteiger partial charge on any atom is -0.380 e. The SMILES string of the molecule is CCCCOCCN1CC(CBr)OC(C)(C)C1. The van der Waals surface area contributed by atoms with Crippen LogP contribution in [0.3, 0.4) is 0 Å². The average molecular weight is 308 g/mol. The molecule has 1 unspecified atom stereocenters. The van der Waals surface area contributed by atoms with Gasteiger partial charge in [0.2, 0.25) is 0 Å². The van der Waals surface area contributed by atoms with Gasteiger partial charge in [-0.25, -0.2) is 0 Å². The quantitative estimate of drug-likeness (QED) is 0.533. The molecule has 102 valence electrons. The van der Waals surface area contributed by atoms with Crippen molar-refractivity contribution < 1.29 is 9.47 Å². The zero-order valence-corrected chi connectivity index (χ0v) is 13.0. The highest BCUT2D eigenvalue weighted by atomic mass is 79.9. The lowest BCUT2D eigenvalue weighted by Crippen LogP contribution is -2.53. The number of unbranched alkanes of at least 4 members (excludes halogenated alkanes) is 1. The Morgan fingerprint density at radius 1 is 1.41 bits per heavy atom. The summed E-state index contributed by atoms with van der Waals surface area (Å²) in [6.07, 6.45) is 2.67. The van der Waals surface area contributed by atoms with Gasteiger partial charge in [-0.2, -0.15) is 0 Å². The van der Waals surface area contributed by atoms with Crippen LogP contribution in [0.4, 0.5) is 0 Å². The van der Waals surface area contributed by atoms with Crippen LogP contribution in [0.1, 0.15) is 33.6 Å². The fraction of sp³-hybridized carbons (Fsp3) is 1.00. The van der Waals surface area contributed by atoms with Crippen molar-refractivity contribution in [2.24, 2.45) is 0 Å². The third-order valence-corrected chi connectivity index (χ3v) is 3.64. The summed E-state index contributed by atoms with van der Waals surface area (Å²) in [5, 5.41) is 0.906. The van der Waals surface area contributed by atoms with E-state index in [0.29, 0.717) is 6.10 Å². The molecule has 1 heterocycles. The Labute approximate surface area is 114 Å². The number of ether oxygens (including phenoxy) is 2. The van der Waals surface area contributed by atoms with Crippen LogP contribution in [-0.4, -0.2) is 54.8 Å². The molecule has 4 heteroatoms. The molecule has 0 radical (unpaired) electrons. The summed E-state index contributed by atoms with van der Waals surface area (Å²) in [5.41, 5.74) is -0.0416. The molecule has 1 rings (SSSR count). The zero-order chi connectivity index (χ0) is 12.7. The first-order chi connectivity index (χ1) is 8.07. The molecule has 1 fully saturated rings. The monoisotopic (exact) mass is 307 g/mol. The molecule has 0 N–H and O–H groups in total. The second kappa shape index (κ2) is 7.72. The van der Waals surface area contributed by atoms with Gasteiger partial charge in [0.1, 0.15) is 0 Å². The molecular formula is C13H26BrNO2. The van der Waals surface area contributed by atoms with Crippen molar-refractivity contribution in [3.05, 3.63) is 0 Å². The zero-order valence-electron chi connectivity index (χ0n) is 11.4. The van der Waals surface area contributed by atoms with E-state index in [1.165, 1.54) is 12.8 Å². The first kappa shape index (κ1) is 15.4. The Hall–Kier alpha value is 0.360. The van der Waals surface area contributed by atoms with Gasteiger partial charge in [-0.3, -0.25) is 4.90 Å². The van der Waals surface area contributed by atoms with Gasteiger partial charge < -0.3 is 9.47 Å².